The third-order valence-corrected chi connectivity index (χ3v) is 4.97. The Balaban J connectivity index is 1.95. The largest absolute Gasteiger partial charge is 0.362 e. The van der Waals surface area contributed by atoms with Crippen LogP contribution in [0.1, 0.15) is 16.0 Å². The first-order valence-corrected chi connectivity index (χ1v) is 7.36. The van der Waals surface area contributed by atoms with Crippen LogP contribution in [0.15, 0.2) is 40.7 Å². The van der Waals surface area contributed by atoms with Gasteiger partial charge in [0.1, 0.15) is 5.84 Å². The van der Waals surface area contributed by atoms with Crippen molar-refractivity contribution in [3.05, 3.63) is 56.7 Å². The Bertz CT molecular complexity index is 679. The fraction of sp³-hybridized carbons (Fsp3) is 0.214. The summed E-state index contributed by atoms with van der Waals surface area (Å²) in [7, 11) is 0. The third kappa shape index (κ3) is 1.39. The molecule has 0 bridgehead atoms. The van der Waals surface area contributed by atoms with Crippen molar-refractivity contribution in [1.82, 2.24) is 4.90 Å². The molecule has 1 atom stereocenters. The van der Waals surface area contributed by atoms with E-state index in [-0.39, 0.29) is 0 Å². The molecule has 0 spiro atoms. The zero-order valence-electron chi connectivity index (χ0n) is 10.0. The Kier molecular flexibility index (Phi) is 2.31. The number of amidine groups is 1. The van der Waals surface area contributed by atoms with E-state index < -0.39 is 5.72 Å². The molecule has 5 heteroatoms. The lowest BCUT2D eigenvalue weighted by molar-refractivity contribution is -0.0212. The van der Waals surface area contributed by atoms with Crippen LogP contribution in [0.25, 0.3) is 0 Å². The Labute approximate surface area is 119 Å². The maximum atomic E-state index is 11.3. The molecule has 2 aliphatic rings. The minimum atomic E-state index is -1.09. The lowest BCUT2D eigenvalue weighted by Gasteiger charge is -2.33. The van der Waals surface area contributed by atoms with Gasteiger partial charge in [-0.2, -0.15) is 0 Å². The van der Waals surface area contributed by atoms with Gasteiger partial charge in [0.05, 0.1) is 11.4 Å². The van der Waals surface area contributed by atoms with E-state index >= 15 is 0 Å². The normalized spacial score (nSPS) is 24.3. The highest BCUT2D eigenvalue weighted by Crippen LogP contribution is 2.46. The summed E-state index contributed by atoms with van der Waals surface area (Å²) in [5, 5.41) is 14.0. The molecule has 2 aromatic rings. The molecule has 1 aromatic heterocycles. The second-order valence-electron chi connectivity index (χ2n) is 4.70. The second-order valence-corrected chi connectivity index (χ2v) is 6.05. The maximum absolute atomic E-state index is 11.3. The highest BCUT2D eigenvalue weighted by molar-refractivity contribution is 7.10. The van der Waals surface area contributed by atoms with Crippen molar-refractivity contribution in [1.29, 1.82) is 0 Å². The maximum Gasteiger partial charge on any atom is 0.202 e. The van der Waals surface area contributed by atoms with E-state index in [9.17, 15) is 5.11 Å². The molecule has 1 unspecified atom stereocenters. The zero-order chi connectivity index (χ0) is 13.0. The molecule has 3 heterocycles. The first-order valence-electron chi connectivity index (χ1n) is 6.10. The molecule has 0 amide bonds. The number of thiophene rings is 1. The van der Waals surface area contributed by atoms with Crippen molar-refractivity contribution in [3.63, 3.8) is 0 Å². The second kappa shape index (κ2) is 3.82. The quantitative estimate of drug-likeness (QED) is 0.876. The molecular weight excluding hydrogens is 280 g/mol. The van der Waals surface area contributed by atoms with Gasteiger partial charge in [-0.25, -0.2) is 0 Å². The number of aliphatic hydroxyl groups is 1. The lowest BCUT2D eigenvalue weighted by Crippen LogP contribution is -2.43. The molecule has 0 saturated carbocycles. The third-order valence-electron chi connectivity index (χ3n) is 3.70. The van der Waals surface area contributed by atoms with Crippen LogP contribution in [0.5, 0.6) is 0 Å². The predicted molar refractivity (Wildman–Crippen MR) is 76.9 cm³/mol. The average molecular weight is 291 g/mol. The molecule has 0 aliphatic carbocycles. The minimum absolute atomic E-state index is 0.673. The Morgan fingerprint density at radius 1 is 1.26 bits per heavy atom. The number of benzene rings is 1. The van der Waals surface area contributed by atoms with Crippen LogP contribution >= 0.6 is 22.9 Å². The number of hydrogen-bond donors (Lipinski definition) is 1. The zero-order valence-corrected chi connectivity index (χ0v) is 11.6. The van der Waals surface area contributed by atoms with Crippen LogP contribution in [0, 0.1) is 0 Å². The van der Waals surface area contributed by atoms with Gasteiger partial charge in [-0.05, 0) is 23.6 Å². The van der Waals surface area contributed by atoms with Crippen molar-refractivity contribution < 1.29 is 5.11 Å². The molecule has 1 aromatic carbocycles. The molecule has 3 nitrogen and oxygen atoms in total. The van der Waals surface area contributed by atoms with E-state index in [4.69, 9.17) is 11.6 Å². The van der Waals surface area contributed by atoms with Crippen molar-refractivity contribution in [2.24, 2.45) is 4.99 Å². The fourth-order valence-corrected chi connectivity index (χ4v) is 3.98. The first kappa shape index (κ1) is 11.5. The number of hydrogen-bond acceptors (Lipinski definition) is 4. The van der Waals surface area contributed by atoms with Crippen LogP contribution in [0.4, 0.5) is 0 Å². The highest BCUT2D eigenvalue weighted by Gasteiger charge is 2.50. The monoisotopic (exact) mass is 290 g/mol. The molecule has 19 heavy (non-hydrogen) atoms. The summed E-state index contributed by atoms with van der Waals surface area (Å²) >= 11 is 7.51. The van der Waals surface area contributed by atoms with Gasteiger partial charge in [-0.15, -0.1) is 11.3 Å². The summed E-state index contributed by atoms with van der Waals surface area (Å²) in [6.07, 6.45) is 0. The molecule has 96 valence electrons. The van der Waals surface area contributed by atoms with Gasteiger partial charge in [0.25, 0.3) is 0 Å². The van der Waals surface area contributed by atoms with Gasteiger partial charge < -0.3 is 10.0 Å². The Morgan fingerprint density at radius 2 is 2.05 bits per heavy atom. The molecule has 0 saturated heterocycles. The van der Waals surface area contributed by atoms with Crippen molar-refractivity contribution in [3.8, 4) is 0 Å². The SMILES string of the molecule is OC1(c2ccc(Cl)cc2)c2sccc2C2=NCCN21. The topological polar surface area (TPSA) is 35.8 Å². The number of rotatable bonds is 1. The van der Waals surface area contributed by atoms with E-state index in [1.54, 1.807) is 11.3 Å². The van der Waals surface area contributed by atoms with Gasteiger partial charge in [-0.1, -0.05) is 23.7 Å². The summed E-state index contributed by atoms with van der Waals surface area (Å²) < 4.78 is 0. The fourth-order valence-electron chi connectivity index (χ4n) is 2.84. The number of nitrogens with zero attached hydrogens (tertiary/aromatic N) is 2. The van der Waals surface area contributed by atoms with E-state index in [0.717, 1.165) is 34.9 Å². The van der Waals surface area contributed by atoms with Crippen LogP contribution in [0.3, 0.4) is 0 Å². The predicted octanol–water partition coefficient (Wildman–Crippen LogP) is 2.67. The van der Waals surface area contributed by atoms with Gasteiger partial charge in [0.15, 0.2) is 0 Å². The van der Waals surface area contributed by atoms with Gasteiger partial charge in [0.2, 0.25) is 5.72 Å². The molecule has 4 rings (SSSR count). The van der Waals surface area contributed by atoms with Crippen molar-refractivity contribution in [2.75, 3.05) is 13.1 Å². The summed E-state index contributed by atoms with van der Waals surface area (Å²) in [4.78, 5) is 7.45. The summed E-state index contributed by atoms with van der Waals surface area (Å²) in [6, 6.07) is 9.42. The summed E-state index contributed by atoms with van der Waals surface area (Å²) in [6.45, 7) is 1.48. The molecule has 0 radical (unpaired) electrons. The Hall–Kier alpha value is -1.36. The van der Waals surface area contributed by atoms with Gasteiger partial charge in [-0.3, -0.25) is 4.99 Å². The number of aliphatic imine (C=N–C) groups is 1. The van der Waals surface area contributed by atoms with Crippen LogP contribution in [-0.2, 0) is 5.72 Å². The van der Waals surface area contributed by atoms with E-state index in [1.165, 1.54) is 0 Å². The van der Waals surface area contributed by atoms with Crippen LogP contribution in [0.2, 0.25) is 5.02 Å². The number of halogens is 1. The van der Waals surface area contributed by atoms with Gasteiger partial charge >= 0.3 is 0 Å². The van der Waals surface area contributed by atoms with Crippen molar-refractivity contribution >= 4 is 28.8 Å². The van der Waals surface area contributed by atoms with E-state index in [0.29, 0.717) is 5.02 Å². The first-order chi connectivity index (χ1) is 9.21. The Morgan fingerprint density at radius 3 is 2.84 bits per heavy atom. The molecule has 1 N–H and O–H groups in total. The highest BCUT2D eigenvalue weighted by atomic mass is 35.5. The number of fused-ring (bicyclic) bond motifs is 3. The summed E-state index contributed by atoms with van der Waals surface area (Å²) in [5.74, 6) is 0.911. The van der Waals surface area contributed by atoms with Crippen LogP contribution < -0.4 is 0 Å². The lowest BCUT2D eigenvalue weighted by atomic mass is 10.0. The molecule has 0 fully saturated rings. The van der Waals surface area contributed by atoms with E-state index in [2.05, 4.69) is 4.99 Å². The van der Waals surface area contributed by atoms with Crippen molar-refractivity contribution in [2.45, 2.75) is 5.72 Å². The molecule has 2 aliphatic heterocycles. The molecular formula is C14H11ClN2OS. The smallest absolute Gasteiger partial charge is 0.202 e. The summed E-state index contributed by atoms with van der Waals surface area (Å²) in [5.41, 5.74) is 0.802. The minimum Gasteiger partial charge on any atom is -0.362 e. The average Bonchev–Trinajstić information content (AvgIpc) is 3.09. The standard InChI is InChI=1S/C14H11ClN2OS/c15-10-3-1-9(2-4-10)14(18)12-11(5-8-19-12)13-16-6-7-17(13)14/h1-5,8,18H,6-7H2. The van der Waals surface area contributed by atoms with E-state index in [1.807, 2.05) is 40.6 Å². The van der Waals surface area contributed by atoms with Gasteiger partial charge in [0, 0.05) is 22.7 Å². The van der Waals surface area contributed by atoms with Crippen LogP contribution in [-0.4, -0.2) is 28.9 Å².